The van der Waals surface area contributed by atoms with E-state index in [0.717, 1.165) is 18.4 Å². The van der Waals surface area contributed by atoms with Crippen LogP contribution in [0.3, 0.4) is 0 Å². The summed E-state index contributed by atoms with van der Waals surface area (Å²) in [5.74, 6) is -0.164. The van der Waals surface area contributed by atoms with E-state index in [1.165, 1.54) is 0 Å². The Morgan fingerprint density at radius 3 is 2.62 bits per heavy atom. The van der Waals surface area contributed by atoms with E-state index in [0.29, 0.717) is 13.0 Å². The van der Waals surface area contributed by atoms with E-state index >= 15 is 0 Å². The van der Waals surface area contributed by atoms with E-state index in [1.54, 1.807) is 13.0 Å². The Morgan fingerprint density at radius 2 is 2.14 bits per heavy atom. The maximum atomic E-state index is 12.8. The summed E-state index contributed by atoms with van der Waals surface area (Å²) < 4.78 is 5.12. The fraction of sp³-hybridized carbons (Fsp3) is 0.667. The Hall–Kier alpha value is -1.38. The Bertz CT molecular complexity index is 501. The number of allylic oxidation sites excluding steroid dienone is 2. The van der Waals surface area contributed by atoms with Gasteiger partial charge >= 0.3 is 5.97 Å². The Balaban J connectivity index is 2.34. The molecular formula is C18H26O3. The standard InChI is InChI=1S/C18H26O3/c1-6-8-12(16(20)21-7-2)11-13-14-9-10-18(5,15(13)19)17(14,3)4/h6,11-12,14H,1,7-10H2,2-5H3/b13-11-/t12-,14+,18+/m1/s1. The minimum Gasteiger partial charge on any atom is -0.466 e. The van der Waals surface area contributed by atoms with E-state index in [-0.39, 0.29) is 34.4 Å². The zero-order valence-corrected chi connectivity index (χ0v) is 13.6. The number of hydrogen-bond donors (Lipinski definition) is 0. The van der Waals surface area contributed by atoms with Crippen molar-refractivity contribution >= 4 is 11.8 Å². The van der Waals surface area contributed by atoms with Crippen molar-refractivity contribution < 1.29 is 14.3 Å². The van der Waals surface area contributed by atoms with Gasteiger partial charge in [-0.25, -0.2) is 0 Å². The summed E-state index contributed by atoms with van der Waals surface area (Å²) in [6.45, 7) is 12.3. The van der Waals surface area contributed by atoms with E-state index < -0.39 is 0 Å². The van der Waals surface area contributed by atoms with Crippen LogP contribution in [0, 0.1) is 22.7 Å². The van der Waals surface area contributed by atoms with E-state index in [9.17, 15) is 9.59 Å². The average molecular weight is 290 g/mol. The molecule has 0 aromatic heterocycles. The molecule has 0 unspecified atom stereocenters. The number of fused-ring (bicyclic) bond motifs is 2. The van der Waals surface area contributed by atoms with Crippen molar-refractivity contribution in [3.63, 3.8) is 0 Å². The van der Waals surface area contributed by atoms with Gasteiger partial charge in [0.25, 0.3) is 0 Å². The van der Waals surface area contributed by atoms with Gasteiger partial charge in [-0.15, -0.1) is 6.58 Å². The lowest BCUT2D eigenvalue weighted by atomic mass is 9.70. The smallest absolute Gasteiger partial charge is 0.313 e. The first-order valence-electron chi connectivity index (χ1n) is 7.83. The van der Waals surface area contributed by atoms with Gasteiger partial charge in [0, 0.05) is 5.41 Å². The first-order chi connectivity index (χ1) is 9.79. The lowest BCUT2D eigenvalue weighted by Crippen LogP contribution is -2.32. The Kier molecular flexibility index (Phi) is 4.14. The molecule has 0 N–H and O–H groups in total. The number of hydrogen-bond acceptors (Lipinski definition) is 3. The van der Waals surface area contributed by atoms with Crippen LogP contribution in [0.2, 0.25) is 0 Å². The molecule has 21 heavy (non-hydrogen) atoms. The Labute approximate surface area is 127 Å². The predicted molar refractivity (Wildman–Crippen MR) is 82.6 cm³/mol. The van der Waals surface area contributed by atoms with Gasteiger partial charge in [0.1, 0.15) is 0 Å². The number of carbonyl (C=O) groups excluding carboxylic acids is 2. The van der Waals surface area contributed by atoms with Gasteiger partial charge in [-0.3, -0.25) is 9.59 Å². The molecule has 116 valence electrons. The molecule has 0 heterocycles. The highest BCUT2D eigenvalue weighted by Gasteiger charge is 2.63. The molecule has 0 amide bonds. The van der Waals surface area contributed by atoms with Gasteiger partial charge in [0.05, 0.1) is 12.5 Å². The molecule has 2 aliphatic carbocycles. The summed E-state index contributed by atoms with van der Waals surface area (Å²) in [5.41, 5.74) is 0.536. The van der Waals surface area contributed by atoms with Crippen LogP contribution < -0.4 is 0 Å². The van der Waals surface area contributed by atoms with Crippen LogP contribution in [0.5, 0.6) is 0 Å². The molecule has 3 heteroatoms. The zero-order chi connectivity index (χ0) is 15.8. The minimum absolute atomic E-state index is 0.0245. The fourth-order valence-corrected chi connectivity index (χ4v) is 4.00. The molecule has 2 fully saturated rings. The average Bonchev–Trinajstić information content (AvgIpc) is 2.72. The van der Waals surface area contributed by atoms with E-state index in [2.05, 4.69) is 27.4 Å². The topological polar surface area (TPSA) is 43.4 Å². The number of Topliss-reactive ketones (excluding diaryl/α,β-unsaturated/α-hetero) is 1. The first kappa shape index (κ1) is 16.0. The zero-order valence-electron chi connectivity index (χ0n) is 13.6. The third-order valence-corrected chi connectivity index (χ3v) is 5.76. The SMILES string of the molecule is C=CC[C@H](/C=C1\C(=O)[C@]2(C)CC[C@@H]1C2(C)C)C(=O)OCC. The van der Waals surface area contributed by atoms with Crippen molar-refractivity contribution in [2.75, 3.05) is 6.61 Å². The Morgan fingerprint density at radius 1 is 1.48 bits per heavy atom. The molecule has 0 radical (unpaired) electrons. The first-order valence-corrected chi connectivity index (χ1v) is 7.83. The van der Waals surface area contributed by atoms with Gasteiger partial charge < -0.3 is 4.74 Å². The van der Waals surface area contributed by atoms with Gasteiger partial charge in [-0.1, -0.05) is 32.9 Å². The number of rotatable bonds is 5. The minimum atomic E-state index is -0.389. The lowest BCUT2D eigenvalue weighted by Gasteiger charge is -2.31. The molecule has 0 spiro atoms. The van der Waals surface area contributed by atoms with Gasteiger partial charge in [-0.2, -0.15) is 0 Å². The summed E-state index contributed by atoms with van der Waals surface area (Å²) in [5, 5.41) is 0. The molecule has 2 rings (SSSR count). The van der Waals surface area contributed by atoms with Crippen molar-refractivity contribution in [1.82, 2.24) is 0 Å². The molecule has 2 bridgehead atoms. The predicted octanol–water partition coefficient (Wildman–Crippen LogP) is 3.69. The normalized spacial score (nSPS) is 33.2. The second-order valence-corrected chi connectivity index (χ2v) is 6.98. The number of carbonyl (C=O) groups is 2. The molecule has 0 saturated heterocycles. The molecular weight excluding hydrogens is 264 g/mol. The van der Waals surface area contributed by atoms with Gasteiger partial charge in [0.15, 0.2) is 5.78 Å². The highest BCUT2D eigenvalue weighted by Crippen LogP contribution is 2.65. The molecule has 3 nitrogen and oxygen atoms in total. The molecule has 3 atom stereocenters. The van der Waals surface area contributed by atoms with Gasteiger partial charge in [-0.05, 0) is 43.1 Å². The highest BCUT2D eigenvalue weighted by atomic mass is 16.5. The summed E-state index contributed by atoms with van der Waals surface area (Å²) >= 11 is 0. The number of ketones is 1. The van der Waals surface area contributed by atoms with Crippen LogP contribution in [-0.2, 0) is 14.3 Å². The quantitative estimate of drug-likeness (QED) is 0.440. The summed E-state index contributed by atoms with van der Waals surface area (Å²) in [6.07, 6.45) is 6.07. The maximum Gasteiger partial charge on any atom is 0.313 e. The van der Waals surface area contributed by atoms with Crippen molar-refractivity contribution in [2.45, 2.75) is 47.0 Å². The molecule has 2 aliphatic rings. The van der Waals surface area contributed by atoms with Crippen LogP contribution in [0.4, 0.5) is 0 Å². The summed E-state index contributed by atoms with van der Waals surface area (Å²) in [4.78, 5) is 24.8. The van der Waals surface area contributed by atoms with Crippen LogP contribution >= 0.6 is 0 Å². The van der Waals surface area contributed by atoms with Gasteiger partial charge in [0.2, 0.25) is 0 Å². The molecule has 2 saturated carbocycles. The number of esters is 1. The largest absolute Gasteiger partial charge is 0.466 e. The van der Waals surface area contributed by atoms with E-state index in [1.807, 2.05) is 6.08 Å². The van der Waals surface area contributed by atoms with Crippen LogP contribution in [0.25, 0.3) is 0 Å². The van der Waals surface area contributed by atoms with Crippen LogP contribution in [0.1, 0.15) is 47.0 Å². The van der Waals surface area contributed by atoms with Crippen molar-refractivity contribution in [3.05, 3.63) is 24.3 Å². The maximum absolute atomic E-state index is 12.8. The monoisotopic (exact) mass is 290 g/mol. The van der Waals surface area contributed by atoms with Crippen molar-refractivity contribution in [2.24, 2.45) is 22.7 Å². The van der Waals surface area contributed by atoms with E-state index in [4.69, 9.17) is 4.74 Å². The summed E-state index contributed by atoms with van der Waals surface area (Å²) in [7, 11) is 0. The molecule has 0 aliphatic heterocycles. The third kappa shape index (κ3) is 2.27. The second kappa shape index (κ2) is 5.43. The lowest BCUT2D eigenvalue weighted by molar-refractivity contribution is -0.146. The second-order valence-electron chi connectivity index (χ2n) is 6.98. The fourth-order valence-electron chi connectivity index (χ4n) is 4.00. The third-order valence-electron chi connectivity index (χ3n) is 5.76. The van der Waals surface area contributed by atoms with Crippen molar-refractivity contribution in [1.29, 1.82) is 0 Å². The number of ether oxygens (including phenoxy) is 1. The van der Waals surface area contributed by atoms with Crippen molar-refractivity contribution in [3.8, 4) is 0 Å². The van der Waals surface area contributed by atoms with Crippen LogP contribution in [0.15, 0.2) is 24.3 Å². The molecule has 0 aromatic carbocycles. The molecule has 0 aromatic rings. The van der Waals surface area contributed by atoms with Crippen LogP contribution in [-0.4, -0.2) is 18.4 Å². The highest BCUT2D eigenvalue weighted by molar-refractivity contribution is 6.05. The summed E-state index contributed by atoms with van der Waals surface area (Å²) in [6, 6.07) is 0.